The number of benzene rings is 1. The van der Waals surface area contributed by atoms with Crippen molar-refractivity contribution in [1.82, 2.24) is 10.6 Å². The van der Waals surface area contributed by atoms with Crippen LogP contribution in [-0.2, 0) is 16.1 Å². The molecule has 0 heterocycles. The van der Waals surface area contributed by atoms with Gasteiger partial charge in [-0.3, -0.25) is 9.59 Å². The van der Waals surface area contributed by atoms with Crippen LogP contribution >= 0.6 is 0 Å². The largest absolute Gasteiger partial charge is 0.345 e. The summed E-state index contributed by atoms with van der Waals surface area (Å²) in [6.07, 6.45) is 4.24. The van der Waals surface area contributed by atoms with Crippen LogP contribution in [0.2, 0.25) is 0 Å². The van der Waals surface area contributed by atoms with Gasteiger partial charge in [0.25, 0.3) is 0 Å². The van der Waals surface area contributed by atoms with Crippen LogP contribution in [0.3, 0.4) is 0 Å². The molecule has 0 aliphatic heterocycles. The first-order valence-corrected chi connectivity index (χ1v) is 6.80. The minimum absolute atomic E-state index is 0.178. The number of aryl methyl sites for hydroxylation is 1. The van der Waals surface area contributed by atoms with Crippen molar-refractivity contribution in [2.45, 2.75) is 45.2 Å². The molecule has 0 unspecified atom stereocenters. The standard InChI is InChI=1S/C15H20N2O2/c1-11-6-2-3-7-12(11)10-16-14(18)15(19)17-13-8-4-5-9-13/h2-3,6-7,13H,4-5,8-10H2,1H3,(H,16,18)(H,17,19). The SMILES string of the molecule is Cc1ccccc1CNC(=O)C(=O)NC1CCCC1. The minimum atomic E-state index is -0.546. The Balaban J connectivity index is 1.80. The first-order chi connectivity index (χ1) is 9.16. The Bertz CT molecular complexity index is 465. The van der Waals surface area contributed by atoms with Gasteiger partial charge in [0.05, 0.1) is 0 Å². The molecule has 0 bridgehead atoms. The number of amides is 2. The van der Waals surface area contributed by atoms with Crippen LogP contribution < -0.4 is 10.6 Å². The van der Waals surface area contributed by atoms with Gasteiger partial charge in [-0.05, 0) is 30.9 Å². The summed E-state index contributed by atoms with van der Waals surface area (Å²) < 4.78 is 0. The van der Waals surface area contributed by atoms with Crippen molar-refractivity contribution in [3.63, 3.8) is 0 Å². The van der Waals surface area contributed by atoms with Gasteiger partial charge in [-0.15, -0.1) is 0 Å². The fourth-order valence-electron chi connectivity index (χ4n) is 2.39. The smallest absolute Gasteiger partial charge is 0.309 e. The number of carbonyl (C=O) groups excluding carboxylic acids is 2. The molecule has 102 valence electrons. The highest BCUT2D eigenvalue weighted by Gasteiger charge is 2.21. The van der Waals surface area contributed by atoms with Gasteiger partial charge >= 0.3 is 11.8 Å². The van der Waals surface area contributed by atoms with Crippen LogP contribution in [0.25, 0.3) is 0 Å². The number of rotatable bonds is 3. The summed E-state index contributed by atoms with van der Waals surface area (Å²) in [6, 6.07) is 7.99. The molecule has 1 fully saturated rings. The van der Waals surface area contributed by atoms with Crippen LogP contribution in [0.4, 0.5) is 0 Å². The van der Waals surface area contributed by atoms with Crippen molar-refractivity contribution < 1.29 is 9.59 Å². The number of carbonyl (C=O) groups is 2. The maximum absolute atomic E-state index is 11.7. The van der Waals surface area contributed by atoms with Crippen molar-refractivity contribution in [3.8, 4) is 0 Å². The van der Waals surface area contributed by atoms with E-state index >= 15 is 0 Å². The Labute approximate surface area is 113 Å². The molecular formula is C15H20N2O2. The topological polar surface area (TPSA) is 58.2 Å². The monoisotopic (exact) mass is 260 g/mol. The number of hydrogen-bond acceptors (Lipinski definition) is 2. The van der Waals surface area contributed by atoms with E-state index in [0.29, 0.717) is 6.54 Å². The van der Waals surface area contributed by atoms with E-state index in [2.05, 4.69) is 10.6 Å². The lowest BCUT2D eigenvalue weighted by molar-refractivity contribution is -0.139. The lowest BCUT2D eigenvalue weighted by atomic mass is 10.1. The zero-order chi connectivity index (χ0) is 13.7. The predicted octanol–water partition coefficient (Wildman–Crippen LogP) is 1.67. The van der Waals surface area contributed by atoms with E-state index in [9.17, 15) is 9.59 Å². The van der Waals surface area contributed by atoms with Crippen LogP contribution in [-0.4, -0.2) is 17.9 Å². The highest BCUT2D eigenvalue weighted by atomic mass is 16.2. The molecule has 1 aliphatic rings. The zero-order valence-electron chi connectivity index (χ0n) is 11.2. The molecule has 2 N–H and O–H groups in total. The van der Waals surface area contributed by atoms with Crippen molar-refractivity contribution in [1.29, 1.82) is 0 Å². The fraction of sp³-hybridized carbons (Fsp3) is 0.467. The van der Waals surface area contributed by atoms with Crippen molar-refractivity contribution in [2.24, 2.45) is 0 Å². The van der Waals surface area contributed by atoms with E-state index in [1.165, 1.54) is 0 Å². The van der Waals surface area contributed by atoms with Gasteiger partial charge in [0, 0.05) is 12.6 Å². The first-order valence-electron chi connectivity index (χ1n) is 6.80. The summed E-state index contributed by atoms with van der Waals surface area (Å²) in [5.41, 5.74) is 2.14. The number of nitrogens with one attached hydrogen (secondary N) is 2. The molecule has 0 aromatic heterocycles. The summed E-state index contributed by atoms with van der Waals surface area (Å²) in [7, 11) is 0. The van der Waals surface area contributed by atoms with Crippen LogP contribution in [0.15, 0.2) is 24.3 Å². The Morgan fingerprint density at radius 1 is 1.16 bits per heavy atom. The molecule has 1 aromatic rings. The van der Waals surface area contributed by atoms with Crippen molar-refractivity contribution in [3.05, 3.63) is 35.4 Å². The molecular weight excluding hydrogens is 240 g/mol. The summed E-state index contributed by atoms with van der Waals surface area (Å²) in [5, 5.41) is 5.44. The third-order valence-corrected chi connectivity index (χ3v) is 3.60. The van der Waals surface area contributed by atoms with Gasteiger partial charge in [0.1, 0.15) is 0 Å². The highest BCUT2D eigenvalue weighted by Crippen LogP contribution is 2.17. The minimum Gasteiger partial charge on any atom is -0.345 e. The van der Waals surface area contributed by atoms with Gasteiger partial charge in [-0.2, -0.15) is 0 Å². The van der Waals surface area contributed by atoms with Crippen LogP contribution in [0, 0.1) is 6.92 Å². The second kappa shape index (κ2) is 6.36. The molecule has 0 atom stereocenters. The Morgan fingerprint density at radius 3 is 2.53 bits per heavy atom. The molecule has 19 heavy (non-hydrogen) atoms. The maximum Gasteiger partial charge on any atom is 0.309 e. The van der Waals surface area contributed by atoms with E-state index in [1.54, 1.807) is 0 Å². The summed E-state index contributed by atoms with van der Waals surface area (Å²) in [6.45, 7) is 2.38. The van der Waals surface area contributed by atoms with Crippen molar-refractivity contribution >= 4 is 11.8 Å². The van der Waals surface area contributed by atoms with Crippen molar-refractivity contribution in [2.75, 3.05) is 0 Å². The van der Waals surface area contributed by atoms with Crippen LogP contribution in [0.5, 0.6) is 0 Å². The van der Waals surface area contributed by atoms with Gasteiger partial charge in [0.15, 0.2) is 0 Å². The van der Waals surface area contributed by atoms with Gasteiger partial charge in [-0.25, -0.2) is 0 Å². The van der Waals surface area contributed by atoms with E-state index in [1.807, 2.05) is 31.2 Å². The fourth-order valence-corrected chi connectivity index (χ4v) is 2.39. The third-order valence-electron chi connectivity index (χ3n) is 3.60. The van der Waals surface area contributed by atoms with E-state index in [-0.39, 0.29) is 6.04 Å². The van der Waals surface area contributed by atoms with E-state index in [0.717, 1.165) is 36.8 Å². The lowest BCUT2D eigenvalue weighted by Gasteiger charge is -2.12. The molecule has 1 saturated carbocycles. The highest BCUT2D eigenvalue weighted by molar-refractivity contribution is 6.35. The second-order valence-corrected chi connectivity index (χ2v) is 5.06. The molecule has 0 radical (unpaired) electrons. The third kappa shape index (κ3) is 3.81. The Morgan fingerprint density at radius 2 is 1.84 bits per heavy atom. The molecule has 2 amide bonds. The normalized spacial score (nSPS) is 15.2. The summed E-state index contributed by atoms with van der Waals surface area (Å²) in [5.74, 6) is -1.06. The average Bonchev–Trinajstić information content (AvgIpc) is 2.90. The predicted molar refractivity (Wildman–Crippen MR) is 73.4 cm³/mol. The Hall–Kier alpha value is -1.84. The molecule has 0 saturated heterocycles. The lowest BCUT2D eigenvalue weighted by Crippen LogP contribution is -2.43. The van der Waals surface area contributed by atoms with Gasteiger partial charge in [0.2, 0.25) is 0 Å². The molecule has 1 aromatic carbocycles. The first kappa shape index (κ1) is 13.6. The molecule has 0 spiro atoms. The maximum atomic E-state index is 11.7. The van der Waals surface area contributed by atoms with Gasteiger partial charge < -0.3 is 10.6 Å². The Kier molecular flexibility index (Phi) is 4.55. The van der Waals surface area contributed by atoms with Gasteiger partial charge in [-0.1, -0.05) is 37.1 Å². The zero-order valence-corrected chi connectivity index (χ0v) is 11.2. The molecule has 4 heteroatoms. The van der Waals surface area contributed by atoms with E-state index < -0.39 is 11.8 Å². The second-order valence-electron chi connectivity index (χ2n) is 5.06. The molecule has 1 aliphatic carbocycles. The molecule has 2 rings (SSSR count). The van der Waals surface area contributed by atoms with Crippen LogP contribution in [0.1, 0.15) is 36.8 Å². The number of hydrogen-bond donors (Lipinski definition) is 2. The summed E-state index contributed by atoms with van der Waals surface area (Å²) >= 11 is 0. The van der Waals surface area contributed by atoms with E-state index in [4.69, 9.17) is 0 Å². The quantitative estimate of drug-likeness (QED) is 0.812. The average molecular weight is 260 g/mol. The summed E-state index contributed by atoms with van der Waals surface area (Å²) in [4.78, 5) is 23.4. The molecule has 4 nitrogen and oxygen atoms in total.